The molecule has 1 amide bonds. The Morgan fingerprint density at radius 3 is 2.76 bits per heavy atom. The molecule has 1 unspecified atom stereocenters. The predicted octanol–water partition coefficient (Wildman–Crippen LogP) is -0.574. The molecule has 17 heavy (non-hydrogen) atoms. The summed E-state index contributed by atoms with van der Waals surface area (Å²) in [6.07, 6.45) is 2.93. The molecule has 6 heteroatoms. The van der Waals surface area contributed by atoms with Crippen LogP contribution in [0.5, 0.6) is 0 Å². The third kappa shape index (κ3) is 2.95. The van der Waals surface area contributed by atoms with Gasteiger partial charge in [-0.1, -0.05) is 12.8 Å². The van der Waals surface area contributed by atoms with Crippen molar-refractivity contribution in [2.45, 2.75) is 31.3 Å². The first-order valence-electron chi connectivity index (χ1n) is 5.96. The molecule has 3 N–H and O–H groups in total. The van der Waals surface area contributed by atoms with Crippen LogP contribution in [0.3, 0.4) is 0 Å². The Hall–Kier alpha value is -1.14. The third-order valence-electron chi connectivity index (χ3n) is 3.30. The van der Waals surface area contributed by atoms with Crippen molar-refractivity contribution < 1.29 is 19.4 Å². The fourth-order valence-electron chi connectivity index (χ4n) is 2.10. The number of hydrogen-bond acceptors (Lipinski definition) is 4. The number of carboxylic acid groups (broad SMARTS) is 1. The maximum atomic E-state index is 12.1. The molecule has 96 valence electrons. The number of morpholine rings is 1. The zero-order valence-corrected chi connectivity index (χ0v) is 9.67. The largest absolute Gasteiger partial charge is 0.480 e. The molecule has 0 aromatic carbocycles. The van der Waals surface area contributed by atoms with Crippen molar-refractivity contribution in [1.29, 1.82) is 0 Å². The van der Waals surface area contributed by atoms with Crippen molar-refractivity contribution in [1.82, 2.24) is 4.90 Å². The molecule has 6 nitrogen and oxygen atoms in total. The van der Waals surface area contributed by atoms with Gasteiger partial charge in [0.1, 0.15) is 0 Å². The lowest BCUT2D eigenvalue weighted by atomic mass is 10.1. The van der Waals surface area contributed by atoms with Gasteiger partial charge in [-0.05, 0) is 12.3 Å². The summed E-state index contributed by atoms with van der Waals surface area (Å²) in [6.45, 7) is 0.747. The van der Waals surface area contributed by atoms with Crippen molar-refractivity contribution in [2.24, 2.45) is 11.7 Å². The van der Waals surface area contributed by atoms with E-state index in [1.54, 1.807) is 0 Å². The van der Waals surface area contributed by atoms with Crippen LogP contribution in [-0.4, -0.2) is 53.7 Å². The van der Waals surface area contributed by atoms with Crippen LogP contribution < -0.4 is 5.73 Å². The fraction of sp³-hybridized carbons (Fsp3) is 0.818. The van der Waals surface area contributed by atoms with Crippen molar-refractivity contribution in [3.05, 3.63) is 0 Å². The third-order valence-corrected chi connectivity index (χ3v) is 3.30. The Morgan fingerprint density at radius 2 is 2.18 bits per heavy atom. The van der Waals surface area contributed by atoms with E-state index in [1.165, 1.54) is 4.90 Å². The van der Waals surface area contributed by atoms with Crippen LogP contribution in [0.4, 0.5) is 0 Å². The van der Waals surface area contributed by atoms with Crippen molar-refractivity contribution >= 4 is 11.9 Å². The lowest BCUT2D eigenvalue weighted by Crippen LogP contribution is -2.56. The van der Waals surface area contributed by atoms with Gasteiger partial charge in [0.2, 0.25) is 5.91 Å². The number of hydrogen-bond donors (Lipinski definition) is 2. The van der Waals surface area contributed by atoms with Gasteiger partial charge in [0, 0.05) is 6.54 Å². The number of amides is 1. The number of aliphatic carboxylic acids is 1. The van der Waals surface area contributed by atoms with Crippen LogP contribution in [-0.2, 0) is 14.3 Å². The Balaban J connectivity index is 1.96. The SMILES string of the molecule is N[C@@H](CC1CC1)C(=O)N1CCOCC1C(=O)O. The molecular weight excluding hydrogens is 224 g/mol. The van der Waals surface area contributed by atoms with Gasteiger partial charge in [0.25, 0.3) is 0 Å². The first kappa shape index (κ1) is 12.3. The van der Waals surface area contributed by atoms with Gasteiger partial charge in [-0.3, -0.25) is 4.79 Å². The number of ether oxygens (including phenoxy) is 1. The molecule has 0 spiro atoms. The van der Waals surface area contributed by atoms with E-state index in [1.807, 2.05) is 0 Å². The number of nitrogens with zero attached hydrogens (tertiary/aromatic N) is 1. The number of carbonyl (C=O) groups excluding carboxylic acids is 1. The normalized spacial score (nSPS) is 26.6. The Bertz CT molecular complexity index is 317. The molecule has 2 rings (SSSR count). The molecule has 0 bridgehead atoms. The van der Waals surface area contributed by atoms with E-state index in [2.05, 4.69) is 0 Å². The fourth-order valence-corrected chi connectivity index (χ4v) is 2.10. The lowest BCUT2D eigenvalue weighted by molar-refractivity contribution is -0.159. The summed E-state index contributed by atoms with van der Waals surface area (Å²) in [5.41, 5.74) is 5.83. The van der Waals surface area contributed by atoms with Gasteiger partial charge in [-0.25, -0.2) is 4.79 Å². The van der Waals surface area contributed by atoms with E-state index in [-0.39, 0.29) is 12.5 Å². The molecule has 2 aliphatic rings. The Labute approximate surface area is 99.7 Å². The van der Waals surface area contributed by atoms with Gasteiger partial charge >= 0.3 is 5.97 Å². The lowest BCUT2D eigenvalue weighted by Gasteiger charge is -2.34. The van der Waals surface area contributed by atoms with Crippen LogP contribution in [0.25, 0.3) is 0 Å². The monoisotopic (exact) mass is 242 g/mol. The Morgan fingerprint density at radius 1 is 1.47 bits per heavy atom. The highest BCUT2D eigenvalue weighted by molar-refractivity contribution is 5.87. The summed E-state index contributed by atoms with van der Waals surface area (Å²) in [5.74, 6) is -0.734. The summed E-state index contributed by atoms with van der Waals surface area (Å²) in [6, 6.07) is -1.45. The second-order valence-corrected chi connectivity index (χ2v) is 4.75. The minimum atomic E-state index is -1.03. The number of carbonyl (C=O) groups is 2. The molecule has 0 aromatic rings. The summed E-state index contributed by atoms with van der Waals surface area (Å²) >= 11 is 0. The highest BCUT2D eigenvalue weighted by Crippen LogP contribution is 2.33. The first-order valence-corrected chi connectivity index (χ1v) is 5.96. The highest BCUT2D eigenvalue weighted by Gasteiger charge is 2.36. The molecule has 0 aromatic heterocycles. The van der Waals surface area contributed by atoms with E-state index in [4.69, 9.17) is 15.6 Å². The number of carboxylic acids is 1. The van der Waals surface area contributed by atoms with E-state index in [0.717, 1.165) is 12.8 Å². The molecule has 2 atom stereocenters. The van der Waals surface area contributed by atoms with Gasteiger partial charge < -0.3 is 20.5 Å². The van der Waals surface area contributed by atoms with Gasteiger partial charge in [0.05, 0.1) is 19.3 Å². The number of nitrogens with two attached hydrogens (primary N) is 1. The summed E-state index contributed by atoms with van der Waals surface area (Å²) in [5, 5.41) is 9.02. The van der Waals surface area contributed by atoms with Gasteiger partial charge in [-0.15, -0.1) is 0 Å². The molecular formula is C11H18N2O4. The van der Waals surface area contributed by atoms with E-state index in [0.29, 0.717) is 25.5 Å². The van der Waals surface area contributed by atoms with Crippen LogP contribution in [0, 0.1) is 5.92 Å². The molecule has 2 fully saturated rings. The zero-order chi connectivity index (χ0) is 12.4. The second-order valence-electron chi connectivity index (χ2n) is 4.75. The smallest absolute Gasteiger partial charge is 0.328 e. The summed E-state index contributed by atoms with van der Waals surface area (Å²) in [7, 11) is 0. The van der Waals surface area contributed by atoms with E-state index >= 15 is 0 Å². The van der Waals surface area contributed by atoms with Crippen molar-refractivity contribution in [3.8, 4) is 0 Å². The second kappa shape index (κ2) is 5.01. The first-order chi connectivity index (χ1) is 8.09. The minimum Gasteiger partial charge on any atom is -0.480 e. The van der Waals surface area contributed by atoms with Crippen molar-refractivity contribution in [3.63, 3.8) is 0 Å². The van der Waals surface area contributed by atoms with Crippen LogP contribution in [0.15, 0.2) is 0 Å². The molecule has 1 saturated carbocycles. The zero-order valence-electron chi connectivity index (χ0n) is 9.67. The summed E-state index contributed by atoms with van der Waals surface area (Å²) in [4.78, 5) is 24.4. The average molecular weight is 242 g/mol. The summed E-state index contributed by atoms with van der Waals surface area (Å²) < 4.78 is 5.08. The van der Waals surface area contributed by atoms with Gasteiger partial charge in [-0.2, -0.15) is 0 Å². The predicted molar refractivity (Wildman–Crippen MR) is 59.3 cm³/mol. The van der Waals surface area contributed by atoms with Crippen LogP contribution >= 0.6 is 0 Å². The van der Waals surface area contributed by atoms with Crippen molar-refractivity contribution in [2.75, 3.05) is 19.8 Å². The Kier molecular flexibility index (Phi) is 3.63. The highest BCUT2D eigenvalue weighted by atomic mass is 16.5. The maximum absolute atomic E-state index is 12.1. The number of rotatable bonds is 4. The van der Waals surface area contributed by atoms with E-state index < -0.39 is 18.1 Å². The minimum absolute atomic E-state index is 0.0528. The molecule has 1 aliphatic carbocycles. The molecule has 1 aliphatic heterocycles. The molecule has 0 radical (unpaired) electrons. The molecule has 1 saturated heterocycles. The topological polar surface area (TPSA) is 92.9 Å². The average Bonchev–Trinajstić information content (AvgIpc) is 3.11. The maximum Gasteiger partial charge on any atom is 0.328 e. The standard InChI is InChI=1S/C11H18N2O4/c12-8(5-7-1-2-7)10(14)13-3-4-17-6-9(13)11(15)16/h7-9H,1-6,12H2,(H,15,16)/t8-,9?/m0/s1. The van der Waals surface area contributed by atoms with Crippen LogP contribution in [0.1, 0.15) is 19.3 Å². The van der Waals surface area contributed by atoms with Gasteiger partial charge in [0.15, 0.2) is 6.04 Å². The quantitative estimate of drug-likeness (QED) is 0.688. The van der Waals surface area contributed by atoms with E-state index in [9.17, 15) is 9.59 Å². The van der Waals surface area contributed by atoms with Crippen LogP contribution in [0.2, 0.25) is 0 Å². The molecule has 1 heterocycles.